The van der Waals surface area contributed by atoms with Crippen molar-refractivity contribution in [3.05, 3.63) is 29.8 Å². The van der Waals surface area contributed by atoms with E-state index in [9.17, 15) is 9.59 Å². The summed E-state index contributed by atoms with van der Waals surface area (Å²) in [4.78, 5) is 25.9. The Morgan fingerprint density at radius 2 is 2.09 bits per heavy atom. The van der Waals surface area contributed by atoms with Gasteiger partial charge in [0.05, 0.1) is 7.11 Å². The SMILES string of the molecule is COc1ccc(CN2CCC(NC(=O)C(C)CN)C2=O)cc1.Cl. The lowest BCUT2D eigenvalue weighted by atomic mass is 10.1. The maximum Gasteiger partial charge on any atom is 0.245 e. The zero-order chi connectivity index (χ0) is 16.1. The van der Waals surface area contributed by atoms with Gasteiger partial charge in [0.15, 0.2) is 0 Å². The predicted octanol–water partition coefficient (Wildman–Crippen LogP) is 0.929. The van der Waals surface area contributed by atoms with Crippen LogP contribution >= 0.6 is 12.4 Å². The molecule has 2 unspecified atom stereocenters. The lowest BCUT2D eigenvalue weighted by molar-refractivity contribution is -0.134. The number of hydrogen-bond acceptors (Lipinski definition) is 4. The van der Waals surface area contributed by atoms with E-state index in [1.807, 2.05) is 24.3 Å². The van der Waals surface area contributed by atoms with Crippen LogP contribution in [0.1, 0.15) is 18.9 Å². The average Bonchev–Trinajstić information content (AvgIpc) is 2.88. The molecule has 6 nitrogen and oxygen atoms in total. The van der Waals surface area contributed by atoms with E-state index in [2.05, 4.69) is 5.32 Å². The molecular weight excluding hydrogens is 318 g/mol. The number of carbonyl (C=O) groups excluding carboxylic acids is 2. The molecule has 1 heterocycles. The molecule has 1 aliphatic rings. The van der Waals surface area contributed by atoms with Crippen molar-refractivity contribution in [1.82, 2.24) is 10.2 Å². The predicted molar refractivity (Wildman–Crippen MR) is 90.4 cm³/mol. The van der Waals surface area contributed by atoms with Crippen LogP contribution in [0.15, 0.2) is 24.3 Å². The third kappa shape index (κ3) is 4.84. The minimum atomic E-state index is -0.431. The van der Waals surface area contributed by atoms with Crippen LogP contribution in [0.4, 0.5) is 0 Å². The summed E-state index contributed by atoms with van der Waals surface area (Å²) in [5, 5.41) is 2.78. The molecule has 1 aromatic rings. The Morgan fingerprint density at radius 1 is 1.43 bits per heavy atom. The molecule has 1 fully saturated rings. The number of nitrogens with zero attached hydrogens (tertiary/aromatic N) is 1. The Bertz CT molecular complexity index is 536. The van der Waals surface area contributed by atoms with Crippen LogP contribution in [0.25, 0.3) is 0 Å². The molecule has 128 valence electrons. The van der Waals surface area contributed by atoms with Crippen LogP contribution in [0.2, 0.25) is 0 Å². The summed E-state index contributed by atoms with van der Waals surface area (Å²) in [6.45, 7) is 3.22. The van der Waals surface area contributed by atoms with Gasteiger partial charge >= 0.3 is 0 Å². The minimum absolute atomic E-state index is 0. The molecule has 1 aliphatic heterocycles. The van der Waals surface area contributed by atoms with Gasteiger partial charge in [-0.3, -0.25) is 9.59 Å². The van der Waals surface area contributed by atoms with Gasteiger partial charge in [0.1, 0.15) is 11.8 Å². The lowest BCUT2D eigenvalue weighted by Gasteiger charge is -2.18. The van der Waals surface area contributed by atoms with Crippen molar-refractivity contribution in [2.45, 2.75) is 25.9 Å². The van der Waals surface area contributed by atoms with Crippen molar-refractivity contribution in [2.24, 2.45) is 11.7 Å². The fraction of sp³-hybridized carbons (Fsp3) is 0.500. The van der Waals surface area contributed by atoms with Gasteiger partial charge in [0.25, 0.3) is 0 Å². The second kappa shape index (κ2) is 8.74. The molecule has 1 saturated heterocycles. The maximum atomic E-state index is 12.3. The Balaban J connectivity index is 0.00000264. The van der Waals surface area contributed by atoms with Crippen molar-refractivity contribution in [3.8, 4) is 5.75 Å². The highest BCUT2D eigenvalue weighted by atomic mass is 35.5. The van der Waals surface area contributed by atoms with E-state index in [0.717, 1.165) is 11.3 Å². The van der Waals surface area contributed by atoms with Crippen molar-refractivity contribution >= 4 is 24.2 Å². The normalized spacial score (nSPS) is 18.3. The monoisotopic (exact) mass is 341 g/mol. The molecule has 0 spiro atoms. The number of nitrogens with one attached hydrogen (secondary N) is 1. The molecule has 0 saturated carbocycles. The van der Waals surface area contributed by atoms with Gasteiger partial charge in [-0.1, -0.05) is 19.1 Å². The summed E-state index contributed by atoms with van der Waals surface area (Å²) < 4.78 is 5.12. The highest BCUT2D eigenvalue weighted by Gasteiger charge is 2.33. The van der Waals surface area contributed by atoms with E-state index >= 15 is 0 Å². The Labute approximate surface area is 142 Å². The van der Waals surface area contributed by atoms with Crippen LogP contribution in [0.5, 0.6) is 5.75 Å². The second-order valence-corrected chi connectivity index (χ2v) is 5.59. The third-order valence-electron chi connectivity index (χ3n) is 3.95. The summed E-state index contributed by atoms with van der Waals surface area (Å²) in [5.41, 5.74) is 6.51. The summed E-state index contributed by atoms with van der Waals surface area (Å²) in [5.74, 6) is 0.321. The topological polar surface area (TPSA) is 84.7 Å². The van der Waals surface area contributed by atoms with Crippen LogP contribution in [-0.2, 0) is 16.1 Å². The van der Waals surface area contributed by atoms with Gasteiger partial charge in [0, 0.05) is 25.6 Å². The molecule has 0 aliphatic carbocycles. The first kappa shape index (κ1) is 19.3. The number of likely N-dealkylation sites (tertiary alicyclic amines) is 1. The van der Waals surface area contributed by atoms with Crippen molar-refractivity contribution in [2.75, 3.05) is 20.2 Å². The highest BCUT2D eigenvalue weighted by molar-refractivity contribution is 5.89. The first-order valence-electron chi connectivity index (χ1n) is 7.47. The number of nitrogens with two attached hydrogens (primary N) is 1. The van der Waals surface area contributed by atoms with Crippen LogP contribution in [0, 0.1) is 5.92 Å². The van der Waals surface area contributed by atoms with Gasteiger partial charge < -0.3 is 20.7 Å². The quantitative estimate of drug-likeness (QED) is 0.806. The number of amides is 2. The molecule has 0 radical (unpaired) electrons. The van der Waals surface area contributed by atoms with E-state index in [4.69, 9.17) is 10.5 Å². The second-order valence-electron chi connectivity index (χ2n) is 5.59. The molecule has 2 rings (SSSR count). The van der Waals surface area contributed by atoms with Gasteiger partial charge in [-0.15, -0.1) is 12.4 Å². The van der Waals surface area contributed by atoms with E-state index < -0.39 is 6.04 Å². The van der Waals surface area contributed by atoms with E-state index in [0.29, 0.717) is 19.5 Å². The molecule has 1 aromatic carbocycles. The average molecular weight is 342 g/mol. The van der Waals surface area contributed by atoms with Crippen LogP contribution in [-0.4, -0.2) is 43.0 Å². The number of methoxy groups -OCH3 is 1. The van der Waals surface area contributed by atoms with Crippen LogP contribution < -0.4 is 15.8 Å². The molecule has 3 N–H and O–H groups in total. The number of halogens is 1. The Morgan fingerprint density at radius 3 is 2.65 bits per heavy atom. The molecule has 2 atom stereocenters. The number of rotatable bonds is 6. The van der Waals surface area contributed by atoms with Gasteiger partial charge in [-0.25, -0.2) is 0 Å². The van der Waals surface area contributed by atoms with Crippen molar-refractivity contribution in [1.29, 1.82) is 0 Å². The Hall–Kier alpha value is -1.79. The summed E-state index contributed by atoms with van der Waals surface area (Å²) in [6, 6.07) is 7.19. The summed E-state index contributed by atoms with van der Waals surface area (Å²) in [7, 11) is 1.62. The summed E-state index contributed by atoms with van der Waals surface area (Å²) in [6.07, 6.45) is 0.637. The lowest BCUT2D eigenvalue weighted by Crippen LogP contribution is -2.44. The first-order chi connectivity index (χ1) is 10.5. The molecule has 2 amide bonds. The number of hydrogen-bond donors (Lipinski definition) is 2. The fourth-order valence-corrected chi connectivity index (χ4v) is 2.40. The molecule has 23 heavy (non-hydrogen) atoms. The molecule has 0 bridgehead atoms. The van der Waals surface area contributed by atoms with Gasteiger partial charge in [-0.2, -0.15) is 0 Å². The van der Waals surface area contributed by atoms with E-state index in [-0.39, 0.29) is 36.7 Å². The van der Waals surface area contributed by atoms with Gasteiger partial charge in [0.2, 0.25) is 11.8 Å². The molecule has 7 heteroatoms. The minimum Gasteiger partial charge on any atom is -0.497 e. The number of carbonyl (C=O) groups is 2. The van der Waals surface area contributed by atoms with Crippen LogP contribution in [0.3, 0.4) is 0 Å². The molecule has 0 aromatic heterocycles. The summed E-state index contributed by atoms with van der Waals surface area (Å²) >= 11 is 0. The number of benzene rings is 1. The number of ether oxygens (including phenoxy) is 1. The maximum absolute atomic E-state index is 12.3. The van der Waals surface area contributed by atoms with E-state index in [1.165, 1.54) is 0 Å². The zero-order valence-corrected chi connectivity index (χ0v) is 14.3. The highest BCUT2D eigenvalue weighted by Crippen LogP contribution is 2.18. The Kier molecular flexibility index (Phi) is 7.32. The van der Waals surface area contributed by atoms with Gasteiger partial charge in [-0.05, 0) is 24.1 Å². The first-order valence-corrected chi connectivity index (χ1v) is 7.47. The van der Waals surface area contributed by atoms with Crippen molar-refractivity contribution < 1.29 is 14.3 Å². The zero-order valence-electron chi connectivity index (χ0n) is 13.5. The van der Waals surface area contributed by atoms with E-state index in [1.54, 1.807) is 18.9 Å². The largest absolute Gasteiger partial charge is 0.497 e. The molecular formula is C16H24ClN3O3. The smallest absolute Gasteiger partial charge is 0.245 e. The fourth-order valence-electron chi connectivity index (χ4n) is 2.40. The van der Waals surface area contributed by atoms with Crippen molar-refractivity contribution in [3.63, 3.8) is 0 Å². The third-order valence-corrected chi connectivity index (χ3v) is 3.95. The standard InChI is InChI=1S/C16H23N3O3.ClH/c1-11(9-17)15(20)18-14-7-8-19(16(14)21)10-12-3-5-13(22-2)6-4-12;/h3-6,11,14H,7-10,17H2,1-2H3,(H,18,20);1H.